The molecule has 0 spiro atoms. The third kappa shape index (κ3) is 4.28. The van der Waals surface area contributed by atoms with E-state index in [-0.39, 0.29) is 12.6 Å². The topological polar surface area (TPSA) is 54.9 Å². The van der Waals surface area contributed by atoms with Crippen LogP contribution in [0.4, 0.5) is 4.39 Å². The summed E-state index contributed by atoms with van der Waals surface area (Å²) in [5, 5.41) is 6.84. The summed E-state index contributed by atoms with van der Waals surface area (Å²) in [5.74, 6) is 1.15. The van der Waals surface area contributed by atoms with E-state index in [9.17, 15) is 4.39 Å². The lowest BCUT2D eigenvalue weighted by Gasteiger charge is -2.27. The van der Waals surface area contributed by atoms with Crippen LogP contribution in [0, 0.1) is 5.82 Å². The molecule has 4 rings (SSSR count). The van der Waals surface area contributed by atoms with Crippen molar-refractivity contribution in [1.82, 2.24) is 10.6 Å². The molecule has 1 unspecified atom stereocenters. The van der Waals surface area contributed by atoms with Gasteiger partial charge in [-0.3, -0.25) is 0 Å². The number of nitrogens with one attached hydrogen (secondary N) is 2. The second-order valence-electron chi connectivity index (χ2n) is 7.21. The van der Waals surface area contributed by atoms with Gasteiger partial charge in [0.05, 0.1) is 13.2 Å². The summed E-state index contributed by atoms with van der Waals surface area (Å²) < 4.78 is 24.8. The van der Waals surface area contributed by atoms with E-state index in [1.807, 2.05) is 6.92 Å². The molecule has 1 aliphatic carbocycles. The van der Waals surface area contributed by atoms with Crippen LogP contribution < -0.4 is 15.4 Å². The molecule has 2 aromatic rings. The van der Waals surface area contributed by atoms with E-state index in [1.54, 1.807) is 0 Å². The van der Waals surface area contributed by atoms with Gasteiger partial charge in [-0.15, -0.1) is 0 Å². The van der Waals surface area contributed by atoms with Crippen LogP contribution in [0.2, 0.25) is 0 Å². The van der Waals surface area contributed by atoms with Crippen molar-refractivity contribution in [2.45, 2.75) is 45.4 Å². The normalized spacial score (nSPS) is 18.6. The van der Waals surface area contributed by atoms with Crippen LogP contribution in [0.1, 0.15) is 35.6 Å². The Bertz CT molecular complexity index is 869. The van der Waals surface area contributed by atoms with Crippen molar-refractivity contribution < 1.29 is 13.9 Å². The number of aliphatic imine (C=N–C) groups is 1. The van der Waals surface area contributed by atoms with E-state index in [2.05, 4.69) is 39.9 Å². The molecule has 2 N–H and O–H groups in total. The quantitative estimate of drug-likeness (QED) is 0.628. The maximum atomic E-state index is 14.0. The number of guanidine groups is 1. The zero-order valence-electron chi connectivity index (χ0n) is 16.1. The molecule has 148 valence electrons. The first-order valence-corrected chi connectivity index (χ1v) is 9.86. The number of fused-ring (bicyclic) bond motifs is 2. The number of hydrogen-bond acceptors (Lipinski definition) is 3. The van der Waals surface area contributed by atoms with Crippen molar-refractivity contribution >= 4 is 5.96 Å². The Hall–Kier alpha value is -2.60. The molecule has 28 heavy (non-hydrogen) atoms. The summed E-state index contributed by atoms with van der Waals surface area (Å²) in [4.78, 5) is 4.69. The Morgan fingerprint density at radius 1 is 1.21 bits per heavy atom. The van der Waals surface area contributed by atoms with Crippen molar-refractivity contribution in [1.29, 1.82) is 0 Å². The van der Waals surface area contributed by atoms with Crippen LogP contribution in [0.5, 0.6) is 5.75 Å². The van der Waals surface area contributed by atoms with Crippen LogP contribution >= 0.6 is 0 Å². The van der Waals surface area contributed by atoms with E-state index in [4.69, 9.17) is 9.47 Å². The van der Waals surface area contributed by atoms with Gasteiger partial charge < -0.3 is 20.1 Å². The molecule has 2 aromatic carbocycles. The molecule has 1 heterocycles. The molecule has 0 fully saturated rings. The highest BCUT2D eigenvalue weighted by Crippen LogP contribution is 2.30. The standard InChI is InChI=1S/C22H26FN3O2/c1-2-24-22(26-20-8-7-15-5-3-4-6-16(15)11-20)25-12-17-9-19(23)10-18-13-27-14-28-21(17)18/h3-6,9-10,20H,2,7-8,11-14H2,1H3,(H2,24,25,26). The Kier molecular flexibility index (Phi) is 5.76. The van der Waals surface area contributed by atoms with Gasteiger partial charge in [-0.05, 0) is 49.4 Å². The summed E-state index contributed by atoms with van der Waals surface area (Å²) >= 11 is 0. The van der Waals surface area contributed by atoms with Crippen LogP contribution in [0.15, 0.2) is 41.4 Å². The fourth-order valence-electron chi connectivity index (χ4n) is 3.87. The van der Waals surface area contributed by atoms with E-state index in [1.165, 1.54) is 23.3 Å². The number of ether oxygens (including phenoxy) is 2. The van der Waals surface area contributed by atoms with Gasteiger partial charge in [0.15, 0.2) is 12.8 Å². The molecule has 2 aliphatic rings. The van der Waals surface area contributed by atoms with Gasteiger partial charge in [0.25, 0.3) is 0 Å². The van der Waals surface area contributed by atoms with Crippen molar-refractivity contribution in [3.63, 3.8) is 0 Å². The molecule has 0 radical (unpaired) electrons. The minimum Gasteiger partial charge on any atom is -0.467 e. The van der Waals surface area contributed by atoms with E-state index in [0.717, 1.165) is 42.9 Å². The average molecular weight is 383 g/mol. The van der Waals surface area contributed by atoms with Gasteiger partial charge in [-0.1, -0.05) is 24.3 Å². The zero-order valence-corrected chi connectivity index (χ0v) is 16.1. The van der Waals surface area contributed by atoms with Crippen LogP contribution in [-0.4, -0.2) is 25.3 Å². The van der Waals surface area contributed by atoms with Crippen molar-refractivity contribution in [3.8, 4) is 5.75 Å². The first-order valence-electron chi connectivity index (χ1n) is 9.86. The number of nitrogens with zero attached hydrogens (tertiary/aromatic N) is 1. The molecule has 0 aromatic heterocycles. The zero-order chi connectivity index (χ0) is 19.3. The number of rotatable bonds is 4. The van der Waals surface area contributed by atoms with Crippen LogP contribution in [0.3, 0.4) is 0 Å². The van der Waals surface area contributed by atoms with Crippen molar-refractivity contribution in [2.24, 2.45) is 4.99 Å². The number of halogens is 1. The molecule has 6 heteroatoms. The maximum absolute atomic E-state index is 14.0. The summed E-state index contributed by atoms with van der Waals surface area (Å²) in [7, 11) is 0. The molecule has 1 atom stereocenters. The summed E-state index contributed by atoms with van der Waals surface area (Å²) in [5.41, 5.74) is 4.31. The van der Waals surface area contributed by atoms with Crippen molar-refractivity contribution in [3.05, 3.63) is 64.5 Å². The SMILES string of the molecule is CCNC(=NCc1cc(F)cc2c1OCOC2)NC1CCc2ccccc2C1. The van der Waals surface area contributed by atoms with Gasteiger partial charge in [0.2, 0.25) is 0 Å². The fraction of sp³-hybridized carbons (Fsp3) is 0.409. The third-order valence-corrected chi connectivity index (χ3v) is 5.19. The molecule has 0 bridgehead atoms. The second kappa shape index (κ2) is 8.61. The Morgan fingerprint density at radius 3 is 2.93 bits per heavy atom. The lowest BCUT2D eigenvalue weighted by molar-refractivity contribution is -0.0172. The number of benzene rings is 2. The summed E-state index contributed by atoms with van der Waals surface area (Å²) in [6.07, 6.45) is 3.12. The molecule has 0 amide bonds. The Morgan fingerprint density at radius 2 is 2.07 bits per heavy atom. The monoisotopic (exact) mass is 383 g/mol. The maximum Gasteiger partial charge on any atom is 0.191 e. The largest absolute Gasteiger partial charge is 0.467 e. The molecule has 1 aliphatic heterocycles. The van der Waals surface area contributed by atoms with Gasteiger partial charge in [0, 0.05) is 23.7 Å². The highest BCUT2D eigenvalue weighted by atomic mass is 19.1. The van der Waals surface area contributed by atoms with Gasteiger partial charge in [-0.25, -0.2) is 9.38 Å². The predicted molar refractivity (Wildman–Crippen MR) is 107 cm³/mol. The molecular weight excluding hydrogens is 357 g/mol. The van der Waals surface area contributed by atoms with E-state index >= 15 is 0 Å². The predicted octanol–water partition coefficient (Wildman–Crippen LogP) is 3.30. The molecule has 0 saturated carbocycles. The van der Waals surface area contributed by atoms with Gasteiger partial charge in [-0.2, -0.15) is 0 Å². The third-order valence-electron chi connectivity index (χ3n) is 5.19. The second-order valence-corrected chi connectivity index (χ2v) is 7.21. The van der Waals surface area contributed by atoms with E-state index < -0.39 is 0 Å². The Labute approximate surface area is 165 Å². The fourth-order valence-corrected chi connectivity index (χ4v) is 3.87. The Balaban J connectivity index is 1.48. The van der Waals surface area contributed by atoms with Gasteiger partial charge in [0.1, 0.15) is 11.6 Å². The molecule has 0 saturated heterocycles. The van der Waals surface area contributed by atoms with Gasteiger partial charge >= 0.3 is 0 Å². The molecule has 5 nitrogen and oxygen atoms in total. The minimum atomic E-state index is -0.292. The highest BCUT2D eigenvalue weighted by molar-refractivity contribution is 5.80. The smallest absolute Gasteiger partial charge is 0.191 e. The average Bonchev–Trinajstić information content (AvgIpc) is 2.71. The van der Waals surface area contributed by atoms with E-state index in [0.29, 0.717) is 24.9 Å². The summed E-state index contributed by atoms with van der Waals surface area (Å²) in [6.45, 7) is 3.70. The number of hydrogen-bond donors (Lipinski definition) is 2. The highest BCUT2D eigenvalue weighted by Gasteiger charge is 2.20. The number of aryl methyl sites for hydroxylation is 1. The lowest BCUT2D eigenvalue weighted by atomic mass is 9.88. The van der Waals surface area contributed by atoms with Crippen molar-refractivity contribution in [2.75, 3.05) is 13.3 Å². The van der Waals surface area contributed by atoms with Crippen LogP contribution in [0.25, 0.3) is 0 Å². The first kappa shape index (κ1) is 18.7. The van der Waals surface area contributed by atoms with Crippen LogP contribution in [-0.2, 0) is 30.7 Å². The summed E-state index contributed by atoms with van der Waals surface area (Å²) in [6, 6.07) is 11.9. The molecular formula is C22H26FN3O2. The minimum absolute atomic E-state index is 0.190. The lowest BCUT2D eigenvalue weighted by Crippen LogP contribution is -2.45. The first-order chi connectivity index (χ1) is 13.7.